The molecule has 0 fully saturated rings. The average Bonchev–Trinajstić information content (AvgIpc) is 2.31. The van der Waals surface area contributed by atoms with E-state index in [9.17, 15) is 13.2 Å². The summed E-state index contributed by atoms with van der Waals surface area (Å²) in [5.74, 6) is -1.76. The molecule has 0 radical (unpaired) electrons. The fourth-order valence-electron chi connectivity index (χ4n) is 1.71. The lowest BCUT2D eigenvalue weighted by molar-refractivity contribution is -0.141. The van der Waals surface area contributed by atoms with E-state index < -0.39 is 21.9 Å². The fraction of sp³-hybridized carbons (Fsp3) is 0.462. The van der Waals surface area contributed by atoms with E-state index in [1.54, 1.807) is 19.1 Å². The summed E-state index contributed by atoms with van der Waals surface area (Å²) in [7, 11) is -2.25. The minimum Gasteiger partial charge on any atom is -0.481 e. The first-order valence-corrected chi connectivity index (χ1v) is 7.36. The average molecular weight is 285 g/mol. The molecular weight excluding hydrogens is 266 g/mol. The van der Waals surface area contributed by atoms with Gasteiger partial charge in [0.05, 0.1) is 10.8 Å². The number of hydrogen-bond donors (Lipinski definition) is 1. The lowest BCUT2D eigenvalue weighted by Gasteiger charge is -2.20. The highest BCUT2D eigenvalue weighted by Gasteiger charge is 2.26. The topological polar surface area (TPSA) is 74.7 Å². The van der Waals surface area contributed by atoms with Gasteiger partial charge >= 0.3 is 5.97 Å². The molecule has 0 amide bonds. The van der Waals surface area contributed by atoms with Crippen LogP contribution in [-0.2, 0) is 14.8 Å². The molecule has 0 aliphatic carbocycles. The largest absolute Gasteiger partial charge is 0.481 e. The van der Waals surface area contributed by atoms with Gasteiger partial charge in [0.1, 0.15) is 0 Å². The van der Waals surface area contributed by atoms with Crippen LogP contribution in [0, 0.1) is 19.8 Å². The Morgan fingerprint density at radius 1 is 1.37 bits per heavy atom. The summed E-state index contributed by atoms with van der Waals surface area (Å²) in [6.45, 7) is 4.97. The number of sulfonamides is 1. The minimum absolute atomic E-state index is 0.0505. The number of carbonyl (C=O) groups is 1. The molecule has 0 spiro atoms. The molecule has 0 aromatic heterocycles. The van der Waals surface area contributed by atoms with Gasteiger partial charge in [-0.25, -0.2) is 12.7 Å². The van der Waals surface area contributed by atoms with Crippen LogP contribution in [0.4, 0.5) is 0 Å². The van der Waals surface area contributed by atoms with Crippen molar-refractivity contribution in [2.75, 3.05) is 13.6 Å². The fourth-order valence-corrected chi connectivity index (χ4v) is 3.28. The van der Waals surface area contributed by atoms with E-state index in [2.05, 4.69) is 0 Å². The summed E-state index contributed by atoms with van der Waals surface area (Å²) in [5, 5.41) is 8.84. The zero-order valence-electron chi connectivity index (χ0n) is 11.5. The Morgan fingerprint density at radius 3 is 2.47 bits per heavy atom. The summed E-state index contributed by atoms with van der Waals surface area (Å²) in [6.07, 6.45) is 0. The number of aryl methyl sites for hydroxylation is 2. The van der Waals surface area contributed by atoms with Crippen LogP contribution in [0.25, 0.3) is 0 Å². The summed E-state index contributed by atoms with van der Waals surface area (Å²) >= 11 is 0. The monoisotopic (exact) mass is 285 g/mol. The molecule has 106 valence electrons. The summed E-state index contributed by atoms with van der Waals surface area (Å²) < 4.78 is 25.9. The zero-order chi connectivity index (χ0) is 14.8. The third-order valence-corrected chi connectivity index (χ3v) is 4.95. The van der Waals surface area contributed by atoms with Gasteiger partial charge in [-0.15, -0.1) is 0 Å². The van der Waals surface area contributed by atoms with Crippen molar-refractivity contribution in [3.8, 4) is 0 Å². The second kappa shape index (κ2) is 5.71. The Balaban J connectivity index is 3.10. The van der Waals surface area contributed by atoms with E-state index in [1.165, 1.54) is 14.0 Å². The van der Waals surface area contributed by atoms with Crippen LogP contribution in [0.3, 0.4) is 0 Å². The van der Waals surface area contributed by atoms with E-state index in [1.807, 2.05) is 13.0 Å². The predicted molar refractivity (Wildman–Crippen MR) is 72.5 cm³/mol. The molecule has 0 saturated carbocycles. The highest BCUT2D eigenvalue weighted by molar-refractivity contribution is 7.89. The van der Waals surface area contributed by atoms with Crippen molar-refractivity contribution >= 4 is 16.0 Å². The highest BCUT2D eigenvalue weighted by Crippen LogP contribution is 2.21. The van der Waals surface area contributed by atoms with Gasteiger partial charge < -0.3 is 5.11 Å². The van der Waals surface area contributed by atoms with Crippen molar-refractivity contribution in [2.45, 2.75) is 25.7 Å². The molecule has 1 aromatic carbocycles. The van der Waals surface area contributed by atoms with Gasteiger partial charge in [-0.05, 0) is 31.0 Å². The lowest BCUT2D eigenvalue weighted by Crippen LogP contribution is -2.34. The predicted octanol–water partition coefficient (Wildman–Crippen LogP) is 1.64. The molecule has 0 aliphatic rings. The summed E-state index contributed by atoms with van der Waals surface area (Å²) in [5.41, 5.74) is 1.50. The number of benzene rings is 1. The van der Waals surface area contributed by atoms with Crippen LogP contribution >= 0.6 is 0 Å². The second-order valence-electron chi connectivity index (χ2n) is 4.79. The second-order valence-corrected chi connectivity index (χ2v) is 6.81. The Labute approximate surface area is 113 Å². The van der Waals surface area contributed by atoms with Gasteiger partial charge in [-0.3, -0.25) is 4.79 Å². The highest BCUT2D eigenvalue weighted by atomic mass is 32.2. The maximum atomic E-state index is 12.4. The standard InChI is InChI=1S/C13H19NO4S/c1-9-5-6-10(2)12(7-9)19(17,18)14(4)8-11(3)13(15)16/h5-7,11H,8H2,1-4H3,(H,15,16). The molecule has 1 N–H and O–H groups in total. The van der Waals surface area contributed by atoms with Crippen molar-refractivity contribution < 1.29 is 18.3 Å². The molecule has 1 unspecified atom stereocenters. The normalized spacial score (nSPS) is 13.5. The molecule has 6 heteroatoms. The van der Waals surface area contributed by atoms with Crippen LogP contribution in [0.15, 0.2) is 23.1 Å². The van der Waals surface area contributed by atoms with Crippen molar-refractivity contribution in [3.63, 3.8) is 0 Å². The van der Waals surface area contributed by atoms with Gasteiger partial charge in [-0.2, -0.15) is 0 Å². The Morgan fingerprint density at radius 2 is 1.95 bits per heavy atom. The number of nitrogens with zero attached hydrogens (tertiary/aromatic N) is 1. The molecule has 0 bridgehead atoms. The van der Waals surface area contributed by atoms with Crippen LogP contribution in [0.2, 0.25) is 0 Å². The molecule has 19 heavy (non-hydrogen) atoms. The Kier molecular flexibility index (Phi) is 4.70. The summed E-state index contributed by atoms with van der Waals surface area (Å²) in [4.78, 5) is 11.0. The molecular formula is C13H19NO4S. The van der Waals surface area contributed by atoms with Crippen LogP contribution in [0.5, 0.6) is 0 Å². The first-order valence-electron chi connectivity index (χ1n) is 5.92. The zero-order valence-corrected chi connectivity index (χ0v) is 12.4. The first-order chi connectivity index (χ1) is 8.66. The maximum Gasteiger partial charge on any atom is 0.307 e. The van der Waals surface area contributed by atoms with Crippen molar-refractivity contribution in [2.24, 2.45) is 5.92 Å². The van der Waals surface area contributed by atoms with E-state index in [0.717, 1.165) is 9.87 Å². The SMILES string of the molecule is Cc1ccc(C)c(S(=O)(=O)N(C)CC(C)C(=O)O)c1. The van der Waals surface area contributed by atoms with Crippen LogP contribution < -0.4 is 0 Å². The van der Waals surface area contributed by atoms with Gasteiger partial charge in [0.25, 0.3) is 0 Å². The number of carboxylic acid groups (broad SMARTS) is 1. The third-order valence-electron chi connectivity index (χ3n) is 2.98. The first kappa shape index (κ1) is 15.7. The minimum atomic E-state index is -3.65. The number of aliphatic carboxylic acids is 1. The van der Waals surface area contributed by atoms with Gasteiger partial charge in [0, 0.05) is 13.6 Å². The smallest absolute Gasteiger partial charge is 0.307 e. The quantitative estimate of drug-likeness (QED) is 0.892. The van der Waals surface area contributed by atoms with Crippen molar-refractivity contribution in [1.29, 1.82) is 0 Å². The van der Waals surface area contributed by atoms with Crippen molar-refractivity contribution in [1.82, 2.24) is 4.31 Å². The molecule has 1 aromatic rings. The number of hydrogen-bond acceptors (Lipinski definition) is 3. The van der Waals surface area contributed by atoms with Crippen LogP contribution in [0.1, 0.15) is 18.1 Å². The molecule has 0 saturated heterocycles. The molecule has 5 nitrogen and oxygen atoms in total. The summed E-state index contributed by atoms with van der Waals surface area (Å²) in [6, 6.07) is 5.19. The number of rotatable bonds is 5. The molecule has 1 atom stereocenters. The molecule has 0 heterocycles. The number of carboxylic acids is 1. The third kappa shape index (κ3) is 3.54. The lowest BCUT2D eigenvalue weighted by atomic mass is 10.2. The Hall–Kier alpha value is -1.40. The Bertz CT molecular complexity index is 580. The van der Waals surface area contributed by atoms with Crippen LogP contribution in [-0.4, -0.2) is 37.4 Å². The van der Waals surface area contributed by atoms with Crippen molar-refractivity contribution in [3.05, 3.63) is 29.3 Å². The van der Waals surface area contributed by atoms with Gasteiger partial charge in [-0.1, -0.05) is 19.1 Å². The van der Waals surface area contributed by atoms with Gasteiger partial charge in [0.2, 0.25) is 10.0 Å². The van der Waals surface area contributed by atoms with Gasteiger partial charge in [0.15, 0.2) is 0 Å². The van der Waals surface area contributed by atoms with E-state index in [0.29, 0.717) is 5.56 Å². The maximum absolute atomic E-state index is 12.4. The molecule has 0 aliphatic heterocycles. The molecule has 1 rings (SSSR count). The van der Waals surface area contributed by atoms with E-state index >= 15 is 0 Å². The van der Waals surface area contributed by atoms with E-state index in [4.69, 9.17) is 5.11 Å². The van der Waals surface area contributed by atoms with E-state index in [-0.39, 0.29) is 11.4 Å².